The van der Waals surface area contributed by atoms with Crippen LogP contribution in [-0.2, 0) is 12.8 Å². The quantitative estimate of drug-likeness (QED) is 0.912. The van der Waals surface area contributed by atoms with Gasteiger partial charge in [-0.25, -0.2) is 8.78 Å². The molecule has 1 aliphatic carbocycles. The van der Waals surface area contributed by atoms with Crippen LogP contribution in [0.25, 0.3) is 0 Å². The molecule has 0 saturated carbocycles. The SMILES string of the molecule is CCCC(C)c1nnc(NC2Cc3cc(F)c(F)cc3C2)o1. The monoisotopic (exact) mass is 307 g/mol. The minimum absolute atomic E-state index is 0.0194. The summed E-state index contributed by atoms with van der Waals surface area (Å²) < 4.78 is 32.1. The number of fused-ring (bicyclic) bond motifs is 1. The molecule has 0 bridgehead atoms. The molecule has 0 saturated heterocycles. The average Bonchev–Trinajstić information content (AvgIpc) is 3.07. The van der Waals surface area contributed by atoms with Gasteiger partial charge in [-0.1, -0.05) is 25.4 Å². The number of anilines is 1. The maximum atomic E-state index is 13.3. The Kier molecular flexibility index (Phi) is 4.09. The smallest absolute Gasteiger partial charge is 0.315 e. The highest BCUT2D eigenvalue weighted by Gasteiger charge is 2.25. The van der Waals surface area contributed by atoms with Gasteiger partial charge in [-0.2, -0.15) is 0 Å². The van der Waals surface area contributed by atoms with Gasteiger partial charge in [0.15, 0.2) is 11.6 Å². The highest BCUT2D eigenvalue weighted by Crippen LogP contribution is 2.27. The Bertz CT molecular complexity index is 640. The van der Waals surface area contributed by atoms with Crippen LogP contribution in [-0.4, -0.2) is 16.2 Å². The van der Waals surface area contributed by atoms with Gasteiger partial charge in [0.25, 0.3) is 0 Å². The Labute approximate surface area is 127 Å². The van der Waals surface area contributed by atoms with Crippen LogP contribution in [0.3, 0.4) is 0 Å². The maximum Gasteiger partial charge on any atom is 0.315 e. The highest BCUT2D eigenvalue weighted by atomic mass is 19.2. The highest BCUT2D eigenvalue weighted by molar-refractivity contribution is 5.38. The maximum absolute atomic E-state index is 13.3. The molecule has 0 spiro atoms. The average molecular weight is 307 g/mol. The Hall–Kier alpha value is -1.98. The van der Waals surface area contributed by atoms with Gasteiger partial charge >= 0.3 is 6.01 Å². The van der Waals surface area contributed by atoms with E-state index in [2.05, 4.69) is 29.4 Å². The second kappa shape index (κ2) is 6.02. The molecule has 1 N–H and O–H groups in total. The molecule has 2 aromatic rings. The molecule has 4 nitrogen and oxygen atoms in total. The van der Waals surface area contributed by atoms with Gasteiger partial charge in [-0.3, -0.25) is 0 Å². The molecule has 1 aliphatic rings. The van der Waals surface area contributed by atoms with E-state index >= 15 is 0 Å². The van der Waals surface area contributed by atoms with E-state index in [0.717, 1.165) is 24.0 Å². The van der Waals surface area contributed by atoms with Gasteiger partial charge in [0.1, 0.15) is 0 Å². The van der Waals surface area contributed by atoms with Crippen molar-refractivity contribution in [2.45, 2.75) is 51.5 Å². The number of nitrogens with one attached hydrogen (secondary N) is 1. The van der Waals surface area contributed by atoms with Crippen LogP contribution in [0.15, 0.2) is 16.5 Å². The van der Waals surface area contributed by atoms with E-state index in [0.29, 0.717) is 24.7 Å². The fraction of sp³-hybridized carbons (Fsp3) is 0.500. The van der Waals surface area contributed by atoms with Crippen molar-refractivity contribution in [3.05, 3.63) is 40.8 Å². The first-order valence-corrected chi connectivity index (χ1v) is 7.63. The van der Waals surface area contributed by atoms with E-state index in [1.807, 2.05) is 0 Å². The summed E-state index contributed by atoms with van der Waals surface area (Å²) >= 11 is 0. The lowest BCUT2D eigenvalue weighted by Crippen LogP contribution is -2.19. The first-order chi connectivity index (χ1) is 10.6. The summed E-state index contributed by atoms with van der Waals surface area (Å²) in [5.41, 5.74) is 1.66. The normalized spacial score (nSPS) is 15.8. The molecule has 0 aliphatic heterocycles. The largest absolute Gasteiger partial charge is 0.408 e. The third-order valence-electron chi connectivity index (χ3n) is 4.09. The van der Waals surface area contributed by atoms with E-state index in [-0.39, 0.29) is 12.0 Å². The topological polar surface area (TPSA) is 51.0 Å². The fourth-order valence-electron chi connectivity index (χ4n) is 2.94. The number of aromatic nitrogens is 2. The van der Waals surface area contributed by atoms with E-state index in [9.17, 15) is 8.78 Å². The summed E-state index contributed by atoms with van der Waals surface area (Å²) in [5.74, 6) is -0.741. The zero-order valence-electron chi connectivity index (χ0n) is 12.7. The molecule has 118 valence electrons. The number of nitrogens with zero attached hydrogens (tertiary/aromatic N) is 2. The van der Waals surface area contributed by atoms with Crippen molar-refractivity contribution in [3.63, 3.8) is 0 Å². The predicted molar refractivity (Wildman–Crippen MR) is 78.8 cm³/mol. The molecule has 6 heteroatoms. The number of hydrogen-bond acceptors (Lipinski definition) is 4. The summed E-state index contributed by atoms with van der Waals surface area (Å²) in [7, 11) is 0. The van der Waals surface area contributed by atoms with Crippen LogP contribution >= 0.6 is 0 Å². The summed E-state index contributed by atoms with van der Waals surface area (Å²) in [6.07, 6.45) is 3.29. The van der Waals surface area contributed by atoms with Gasteiger partial charge in [0.05, 0.1) is 0 Å². The van der Waals surface area contributed by atoms with Crippen molar-refractivity contribution in [2.75, 3.05) is 5.32 Å². The molecule has 0 radical (unpaired) electrons. The van der Waals surface area contributed by atoms with Crippen LogP contribution < -0.4 is 5.32 Å². The molecule has 1 heterocycles. The molecule has 1 aromatic heterocycles. The van der Waals surface area contributed by atoms with Gasteiger partial charge in [0.2, 0.25) is 5.89 Å². The Morgan fingerprint density at radius 3 is 2.45 bits per heavy atom. The van der Waals surface area contributed by atoms with Crippen LogP contribution in [0.2, 0.25) is 0 Å². The first kappa shape index (κ1) is 14.9. The van der Waals surface area contributed by atoms with Crippen LogP contribution in [0.4, 0.5) is 14.8 Å². The predicted octanol–water partition coefficient (Wildman–Crippen LogP) is 3.83. The van der Waals surface area contributed by atoms with Gasteiger partial charge in [-0.05, 0) is 42.5 Å². The van der Waals surface area contributed by atoms with Crippen LogP contribution in [0.5, 0.6) is 0 Å². The minimum atomic E-state index is -0.798. The van der Waals surface area contributed by atoms with Crippen LogP contribution in [0.1, 0.15) is 49.6 Å². The zero-order chi connectivity index (χ0) is 15.7. The third kappa shape index (κ3) is 2.96. The standard InChI is InChI=1S/C16H19F2N3O/c1-3-4-9(2)15-20-21-16(22-15)19-12-5-10-7-13(17)14(18)8-11(10)6-12/h7-9,12H,3-6H2,1-2H3,(H,19,21). The Morgan fingerprint density at radius 2 is 1.86 bits per heavy atom. The summed E-state index contributed by atoms with van der Waals surface area (Å²) in [6.45, 7) is 4.16. The van der Waals surface area contributed by atoms with Crippen molar-refractivity contribution < 1.29 is 13.2 Å². The summed E-state index contributed by atoms with van der Waals surface area (Å²) in [5, 5.41) is 11.2. The first-order valence-electron chi connectivity index (χ1n) is 7.63. The second-order valence-corrected chi connectivity index (χ2v) is 5.92. The number of halogens is 2. The number of hydrogen-bond donors (Lipinski definition) is 1. The molecule has 22 heavy (non-hydrogen) atoms. The molecule has 3 rings (SSSR count). The van der Waals surface area contributed by atoms with Crippen LogP contribution in [0, 0.1) is 11.6 Å². The van der Waals surface area contributed by atoms with Crippen molar-refractivity contribution in [1.29, 1.82) is 0 Å². The van der Waals surface area contributed by atoms with Gasteiger partial charge < -0.3 is 9.73 Å². The number of rotatable bonds is 5. The lowest BCUT2D eigenvalue weighted by Gasteiger charge is -2.09. The van der Waals surface area contributed by atoms with E-state index < -0.39 is 11.6 Å². The van der Waals surface area contributed by atoms with Crippen molar-refractivity contribution in [1.82, 2.24) is 10.2 Å². The van der Waals surface area contributed by atoms with Gasteiger partial charge in [-0.15, -0.1) is 5.10 Å². The molecule has 1 atom stereocenters. The van der Waals surface area contributed by atoms with Crippen molar-refractivity contribution >= 4 is 6.01 Å². The third-order valence-corrected chi connectivity index (χ3v) is 4.09. The molecular formula is C16H19F2N3O. The lowest BCUT2D eigenvalue weighted by atomic mass is 10.1. The second-order valence-electron chi connectivity index (χ2n) is 5.92. The van der Waals surface area contributed by atoms with E-state index in [1.165, 1.54) is 12.1 Å². The van der Waals surface area contributed by atoms with E-state index in [1.54, 1.807) is 0 Å². The number of benzene rings is 1. The zero-order valence-corrected chi connectivity index (χ0v) is 12.7. The summed E-state index contributed by atoms with van der Waals surface area (Å²) in [4.78, 5) is 0. The summed E-state index contributed by atoms with van der Waals surface area (Å²) in [6, 6.07) is 2.94. The van der Waals surface area contributed by atoms with Crippen molar-refractivity contribution in [3.8, 4) is 0 Å². The lowest BCUT2D eigenvalue weighted by molar-refractivity contribution is 0.448. The molecule has 0 fully saturated rings. The fourth-order valence-corrected chi connectivity index (χ4v) is 2.94. The molecule has 1 unspecified atom stereocenters. The van der Waals surface area contributed by atoms with Crippen molar-refractivity contribution in [2.24, 2.45) is 0 Å². The molecule has 1 aromatic carbocycles. The molecule has 0 amide bonds. The minimum Gasteiger partial charge on any atom is -0.408 e. The van der Waals surface area contributed by atoms with E-state index in [4.69, 9.17) is 4.42 Å². The molecular weight excluding hydrogens is 288 g/mol. The Morgan fingerprint density at radius 1 is 1.23 bits per heavy atom. The van der Waals surface area contributed by atoms with Gasteiger partial charge in [0, 0.05) is 12.0 Å². The Balaban J connectivity index is 1.66.